The Morgan fingerprint density at radius 1 is 1.39 bits per heavy atom. The third kappa shape index (κ3) is 4.67. The lowest BCUT2D eigenvalue weighted by Crippen LogP contribution is -2.45. The molecule has 0 saturated heterocycles. The van der Waals surface area contributed by atoms with Gasteiger partial charge >= 0.3 is 11.7 Å². The Kier molecular flexibility index (Phi) is 6.49. The Morgan fingerprint density at radius 2 is 2.04 bits per heavy atom. The van der Waals surface area contributed by atoms with Crippen molar-refractivity contribution in [2.75, 3.05) is 6.61 Å². The molecule has 0 spiro atoms. The average molecular weight is 324 g/mol. The van der Waals surface area contributed by atoms with E-state index >= 15 is 0 Å². The van der Waals surface area contributed by atoms with E-state index < -0.39 is 22.8 Å². The predicted molar refractivity (Wildman–Crippen MR) is 82.6 cm³/mol. The maximum absolute atomic E-state index is 12.2. The van der Waals surface area contributed by atoms with Gasteiger partial charge in [0.05, 0.1) is 11.5 Å². The Hall–Kier alpha value is -2.64. The van der Waals surface area contributed by atoms with E-state index in [4.69, 9.17) is 4.74 Å². The molecule has 0 saturated carbocycles. The summed E-state index contributed by atoms with van der Waals surface area (Å²) in [6, 6.07) is 2.71. The number of aliphatic carboxylic acids is 1. The average Bonchev–Trinajstić information content (AvgIpc) is 2.51. The number of carboxylic acid groups (broad SMARTS) is 1. The van der Waals surface area contributed by atoms with E-state index in [2.05, 4.69) is 5.32 Å². The van der Waals surface area contributed by atoms with Crippen molar-refractivity contribution in [3.05, 3.63) is 33.9 Å². The number of carbonyl (C=O) groups is 2. The number of hydrogen-bond donors (Lipinski definition) is 2. The van der Waals surface area contributed by atoms with E-state index in [1.807, 2.05) is 6.92 Å². The highest BCUT2D eigenvalue weighted by Crippen LogP contribution is 2.28. The standard InChI is InChI=1S/C15H20N2O6/c1-4-9(3)13(15(19)20)16-14(18)10-6-7-12(23-5-2)11(8-10)17(21)22/h6-9,13H,4-5H2,1-3H3,(H,16,18)(H,19,20)/t9-,13-/m0/s1. The van der Waals surface area contributed by atoms with Gasteiger partial charge in [-0.05, 0) is 25.0 Å². The lowest BCUT2D eigenvalue weighted by molar-refractivity contribution is -0.385. The first-order valence-corrected chi connectivity index (χ1v) is 7.26. The highest BCUT2D eigenvalue weighted by Gasteiger charge is 2.27. The number of nitrogens with one attached hydrogen (secondary N) is 1. The first-order chi connectivity index (χ1) is 10.8. The molecule has 0 unspecified atom stereocenters. The van der Waals surface area contributed by atoms with E-state index in [0.29, 0.717) is 6.42 Å². The van der Waals surface area contributed by atoms with Crippen molar-refractivity contribution in [3.8, 4) is 5.75 Å². The zero-order valence-electron chi connectivity index (χ0n) is 13.2. The first kappa shape index (κ1) is 18.4. The molecule has 2 atom stereocenters. The summed E-state index contributed by atoms with van der Waals surface area (Å²) in [7, 11) is 0. The minimum Gasteiger partial charge on any atom is -0.487 e. The number of carboxylic acids is 1. The van der Waals surface area contributed by atoms with E-state index in [0.717, 1.165) is 6.07 Å². The zero-order valence-corrected chi connectivity index (χ0v) is 13.2. The maximum Gasteiger partial charge on any atom is 0.326 e. The minimum absolute atomic E-state index is 0.00899. The number of nitrogens with zero attached hydrogens (tertiary/aromatic N) is 1. The topological polar surface area (TPSA) is 119 Å². The van der Waals surface area contributed by atoms with Crippen LogP contribution in [0, 0.1) is 16.0 Å². The van der Waals surface area contributed by atoms with Crippen molar-refractivity contribution in [1.82, 2.24) is 5.32 Å². The van der Waals surface area contributed by atoms with Crippen molar-refractivity contribution in [3.63, 3.8) is 0 Å². The minimum atomic E-state index is -1.15. The molecule has 0 bridgehead atoms. The van der Waals surface area contributed by atoms with E-state index in [-0.39, 0.29) is 29.5 Å². The van der Waals surface area contributed by atoms with E-state index in [1.165, 1.54) is 12.1 Å². The second kappa shape index (κ2) is 8.11. The van der Waals surface area contributed by atoms with E-state index in [1.54, 1.807) is 13.8 Å². The summed E-state index contributed by atoms with van der Waals surface area (Å²) in [6.07, 6.45) is 0.570. The molecular weight excluding hydrogens is 304 g/mol. The van der Waals surface area contributed by atoms with Gasteiger partial charge in [0, 0.05) is 11.6 Å². The number of carbonyl (C=O) groups excluding carboxylic acids is 1. The Labute approximate surface area is 133 Å². The summed E-state index contributed by atoms with van der Waals surface area (Å²) in [5.41, 5.74) is -0.329. The van der Waals surface area contributed by atoms with Gasteiger partial charge in [0.15, 0.2) is 5.75 Å². The van der Waals surface area contributed by atoms with Crippen molar-refractivity contribution in [2.45, 2.75) is 33.2 Å². The second-order valence-corrected chi connectivity index (χ2v) is 5.05. The van der Waals surface area contributed by atoms with Crippen LogP contribution in [0.4, 0.5) is 5.69 Å². The van der Waals surface area contributed by atoms with Crippen LogP contribution in [0.2, 0.25) is 0 Å². The van der Waals surface area contributed by atoms with Gasteiger partial charge in [-0.3, -0.25) is 14.9 Å². The molecule has 1 aromatic carbocycles. The fourth-order valence-corrected chi connectivity index (χ4v) is 1.99. The van der Waals surface area contributed by atoms with Crippen LogP contribution in [-0.4, -0.2) is 34.6 Å². The molecular formula is C15H20N2O6. The van der Waals surface area contributed by atoms with Crippen molar-refractivity contribution in [2.24, 2.45) is 5.92 Å². The van der Waals surface area contributed by atoms with Crippen molar-refractivity contribution < 1.29 is 24.4 Å². The third-order valence-electron chi connectivity index (χ3n) is 3.48. The monoisotopic (exact) mass is 324 g/mol. The summed E-state index contributed by atoms with van der Waals surface area (Å²) < 4.78 is 5.14. The molecule has 126 valence electrons. The van der Waals surface area contributed by atoms with Gasteiger partial charge in [0.1, 0.15) is 6.04 Å². The fourth-order valence-electron chi connectivity index (χ4n) is 1.99. The van der Waals surface area contributed by atoms with Gasteiger partial charge in [-0.15, -0.1) is 0 Å². The van der Waals surface area contributed by atoms with Crippen LogP contribution in [0.3, 0.4) is 0 Å². The summed E-state index contributed by atoms with van der Waals surface area (Å²) >= 11 is 0. The normalized spacial score (nSPS) is 13.0. The van der Waals surface area contributed by atoms with Crippen LogP contribution in [0.25, 0.3) is 0 Å². The third-order valence-corrected chi connectivity index (χ3v) is 3.48. The van der Waals surface area contributed by atoms with Crippen LogP contribution < -0.4 is 10.1 Å². The van der Waals surface area contributed by atoms with Crippen LogP contribution in [0.5, 0.6) is 5.75 Å². The lowest BCUT2D eigenvalue weighted by Gasteiger charge is -2.20. The molecule has 1 rings (SSSR count). The molecule has 0 fully saturated rings. The summed E-state index contributed by atoms with van der Waals surface area (Å²) in [5.74, 6) is -2.03. The predicted octanol–water partition coefficient (Wildman–Crippen LogP) is 2.22. The van der Waals surface area contributed by atoms with Crippen LogP contribution >= 0.6 is 0 Å². The van der Waals surface area contributed by atoms with Gasteiger partial charge in [0.25, 0.3) is 5.91 Å². The van der Waals surface area contributed by atoms with Gasteiger partial charge in [0.2, 0.25) is 0 Å². The van der Waals surface area contributed by atoms with Crippen LogP contribution in [-0.2, 0) is 4.79 Å². The summed E-state index contributed by atoms with van der Waals surface area (Å²) in [5, 5.41) is 22.6. The molecule has 1 aromatic rings. The molecule has 8 nitrogen and oxygen atoms in total. The molecule has 0 aromatic heterocycles. The number of hydrogen-bond acceptors (Lipinski definition) is 5. The molecule has 0 aliphatic carbocycles. The van der Waals surface area contributed by atoms with E-state index in [9.17, 15) is 24.8 Å². The number of nitro benzene ring substituents is 1. The SMILES string of the molecule is CCOc1ccc(C(=O)N[C@H](C(=O)O)[C@@H](C)CC)cc1[N+](=O)[O-]. The Balaban J connectivity index is 3.06. The number of nitro groups is 1. The number of ether oxygens (including phenoxy) is 1. The van der Waals surface area contributed by atoms with Gasteiger partial charge in [-0.1, -0.05) is 20.3 Å². The second-order valence-electron chi connectivity index (χ2n) is 5.05. The van der Waals surface area contributed by atoms with Gasteiger partial charge < -0.3 is 15.2 Å². The lowest BCUT2D eigenvalue weighted by atomic mass is 9.99. The Morgan fingerprint density at radius 3 is 2.52 bits per heavy atom. The maximum atomic E-state index is 12.2. The van der Waals surface area contributed by atoms with Crippen molar-refractivity contribution in [1.29, 1.82) is 0 Å². The number of amides is 1. The number of benzene rings is 1. The zero-order chi connectivity index (χ0) is 17.6. The largest absolute Gasteiger partial charge is 0.487 e. The van der Waals surface area contributed by atoms with Gasteiger partial charge in [-0.25, -0.2) is 4.79 Å². The summed E-state index contributed by atoms with van der Waals surface area (Å²) in [6.45, 7) is 5.46. The van der Waals surface area contributed by atoms with Gasteiger partial charge in [-0.2, -0.15) is 0 Å². The molecule has 0 heterocycles. The van der Waals surface area contributed by atoms with Crippen molar-refractivity contribution >= 4 is 17.6 Å². The molecule has 0 aliphatic rings. The fraction of sp³-hybridized carbons (Fsp3) is 0.467. The smallest absolute Gasteiger partial charge is 0.326 e. The number of rotatable bonds is 8. The van der Waals surface area contributed by atoms with Crippen LogP contribution in [0.15, 0.2) is 18.2 Å². The summed E-state index contributed by atoms with van der Waals surface area (Å²) in [4.78, 5) is 33.8. The highest BCUT2D eigenvalue weighted by atomic mass is 16.6. The van der Waals surface area contributed by atoms with Crippen LogP contribution in [0.1, 0.15) is 37.6 Å². The Bertz CT molecular complexity index is 602. The quantitative estimate of drug-likeness (QED) is 0.559. The molecule has 1 amide bonds. The molecule has 0 radical (unpaired) electrons. The highest BCUT2D eigenvalue weighted by molar-refractivity contribution is 5.97. The molecule has 23 heavy (non-hydrogen) atoms. The molecule has 8 heteroatoms. The first-order valence-electron chi connectivity index (χ1n) is 7.26. The molecule has 0 aliphatic heterocycles. The molecule has 2 N–H and O–H groups in total.